The molecule has 1 aromatic carbocycles. The van der Waals surface area contributed by atoms with Gasteiger partial charge >= 0.3 is 0 Å². The number of aryl methyl sites for hydroxylation is 1. The highest BCUT2D eigenvalue weighted by molar-refractivity contribution is 7.09. The Kier molecular flexibility index (Phi) is 3.70. The first-order chi connectivity index (χ1) is 11.7. The van der Waals surface area contributed by atoms with E-state index < -0.39 is 0 Å². The predicted octanol–water partition coefficient (Wildman–Crippen LogP) is 3.51. The fourth-order valence-electron chi connectivity index (χ4n) is 2.54. The van der Waals surface area contributed by atoms with Crippen LogP contribution in [0.3, 0.4) is 0 Å². The van der Waals surface area contributed by atoms with Crippen LogP contribution in [0.5, 0.6) is 0 Å². The first kappa shape index (κ1) is 14.8. The van der Waals surface area contributed by atoms with E-state index in [4.69, 9.17) is 0 Å². The Bertz CT molecular complexity index is 953. The summed E-state index contributed by atoms with van der Waals surface area (Å²) in [6.45, 7) is 4.08. The van der Waals surface area contributed by atoms with Crippen molar-refractivity contribution < 1.29 is 0 Å². The molecule has 0 saturated heterocycles. The molecule has 120 valence electrons. The molecule has 0 spiro atoms. The third-order valence-electron chi connectivity index (χ3n) is 3.88. The standard InChI is InChI=1S/C17H16N6S/c1-12(17-11-24-13(2)19-17)23-10-16(20-21-23)14-5-3-6-15(9-14)22-8-4-7-18-22/h3-12H,1-2H3. The lowest BCUT2D eigenvalue weighted by atomic mass is 10.1. The summed E-state index contributed by atoms with van der Waals surface area (Å²) in [5, 5.41) is 16.0. The fraction of sp³-hybridized carbons (Fsp3) is 0.176. The smallest absolute Gasteiger partial charge is 0.113 e. The Labute approximate surface area is 143 Å². The van der Waals surface area contributed by atoms with E-state index in [1.54, 1.807) is 17.5 Å². The van der Waals surface area contributed by atoms with Gasteiger partial charge in [-0.25, -0.2) is 14.3 Å². The highest BCUT2D eigenvalue weighted by Crippen LogP contribution is 2.23. The number of hydrogen-bond acceptors (Lipinski definition) is 5. The Morgan fingerprint density at radius 3 is 2.88 bits per heavy atom. The van der Waals surface area contributed by atoms with Gasteiger partial charge in [0.05, 0.1) is 28.6 Å². The Morgan fingerprint density at radius 1 is 1.21 bits per heavy atom. The maximum Gasteiger partial charge on any atom is 0.113 e. The molecule has 24 heavy (non-hydrogen) atoms. The summed E-state index contributed by atoms with van der Waals surface area (Å²) < 4.78 is 3.68. The number of hydrogen-bond donors (Lipinski definition) is 0. The molecule has 7 heteroatoms. The van der Waals surface area contributed by atoms with Gasteiger partial charge in [0.25, 0.3) is 0 Å². The molecule has 6 nitrogen and oxygen atoms in total. The van der Waals surface area contributed by atoms with E-state index in [1.165, 1.54) is 0 Å². The topological polar surface area (TPSA) is 61.4 Å². The van der Waals surface area contributed by atoms with Crippen molar-refractivity contribution in [1.29, 1.82) is 0 Å². The van der Waals surface area contributed by atoms with Gasteiger partial charge in [-0.1, -0.05) is 17.3 Å². The molecule has 0 aliphatic heterocycles. The molecule has 0 aliphatic rings. The molecule has 4 aromatic rings. The van der Waals surface area contributed by atoms with Crippen molar-refractivity contribution in [3.63, 3.8) is 0 Å². The van der Waals surface area contributed by atoms with Crippen LogP contribution >= 0.6 is 11.3 Å². The van der Waals surface area contributed by atoms with Crippen molar-refractivity contribution in [2.24, 2.45) is 0 Å². The van der Waals surface area contributed by atoms with Gasteiger partial charge in [0, 0.05) is 23.3 Å². The van der Waals surface area contributed by atoms with Crippen LogP contribution in [0.1, 0.15) is 23.7 Å². The van der Waals surface area contributed by atoms with Gasteiger partial charge in [0.15, 0.2) is 0 Å². The maximum atomic E-state index is 4.54. The van der Waals surface area contributed by atoms with E-state index in [1.807, 2.05) is 52.9 Å². The Hall–Kier alpha value is -2.80. The average Bonchev–Trinajstić information content (AvgIpc) is 3.35. The number of nitrogens with zero attached hydrogens (tertiary/aromatic N) is 6. The molecule has 0 saturated carbocycles. The first-order valence-electron chi connectivity index (χ1n) is 7.65. The first-order valence-corrected chi connectivity index (χ1v) is 8.53. The molecule has 0 aliphatic carbocycles. The van der Waals surface area contributed by atoms with Gasteiger partial charge in [-0.3, -0.25) is 0 Å². The van der Waals surface area contributed by atoms with Crippen LogP contribution in [0.25, 0.3) is 16.9 Å². The molecule has 4 rings (SSSR count). The number of rotatable bonds is 4. The third-order valence-corrected chi connectivity index (χ3v) is 4.67. The van der Waals surface area contributed by atoms with Gasteiger partial charge in [-0.05, 0) is 32.0 Å². The predicted molar refractivity (Wildman–Crippen MR) is 93.2 cm³/mol. The second kappa shape index (κ2) is 6.01. The molecule has 1 unspecified atom stereocenters. The van der Waals surface area contributed by atoms with E-state index >= 15 is 0 Å². The molecule has 0 bridgehead atoms. The van der Waals surface area contributed by atoms with E-state index in [0.29, 0.717) is 0 Å². The van der Waals surface area contributed by atoms with Crippen LogP contribution in [0.4, 0.5) is 0 Å². The monoisotopic (exact) mass is 336 g/mol. The van der Waals surface area contributed by atoms with Gasteiger partial charge in [-0.15, -0.1) is 16.4 Å². The minimum Gasteiger partial charge on any atom is -0.244 e. The van der Waals surface area contributed by atoms with Gasteiger partial charge < -0.3 is 0 Å². The molecule has 0 fully saturated rings. The van der Waals surface area contributed by atoms with Crippen LogP contribution in [0.15, 0.2) is 54.3 Å². The van der Waals surface area contributed by atoms with Crippen molar-refractivity contribution in [2.75, 3.05) is 0 Å². The number of thiazole rings is 1. The number of aromatic nitrogens is 6. The van der Waals surface area contributed by atoms with Crippen LogP contribution in [0, 0.1) is 6.92 Å². The van der Waals surface area contributed by atoms with Crippen molar-refractivity contribution in [3.05, 3.63) is 65.0 Å². The second-order valence-corrected chi connectivity index (χ2v) is 6.61. The largest absolute Gasteiger partial charge is 0.244 e. The molecule has 0 N–H and O–H groups in total. The van der Waals surface area contributed by atoms with E-state index in [9.17, 15) is 0 Å². The molecule has 0 radical (unpaired) electrons. The lowest BCUT2D eigenvalue weighted by Crippen LogP contribution is -2.07. The van der Waals surface area contributed by atoms with Crippen LogP contribution in [-0.2, 0) is 0 Å². The van der Waals surface area contributed by atoms with Gasteiger partial charge in [0.1, 0.15) is 5.69 Å². The molecule has 1 atom stereocenters. The third kappa shape index (κ3) is 2.74. The zero-order valence-electron chi connectivity index (χ0n) is 13.4. The van der Waals surface area contributed by atoms with Crippen molar-refractivity contribution in [1.82, 2.24) is 29.8 Å². The summed E-state index contributed by atoms with van der Waals surface area (Å²) in [6.07, 6.45) is 5.64. The Morgan fingerprint density at radius 2 is 2.12 bits per heavy atom. The summed E-state index contributed by atoms with van der Waals surface area (Å²) in [5.74, 6) is 0. The van der Waals surface area contributed by atoms with Crippen LogP contribution in [-0.4, -0.2) is 29.8 Å². The molecular weight excluding hydrogens is 320 g/mol. The SMILES string of the molecule is Cc1nc(C(C)n2cc(-c3cccc(-n4cccn4)c3)nn2)cs1. The molecular formula is C17H16N6S. The lowest BCUT2D eigenvalue weighted by molar-refractivity contribution is 0.533. The van der Waals surface area contributed by atoms with Gasteiger partial charge in [0.2, 0.25) is 0 Å². The normalized spacial score (nSPS) is 12.4. The van der Waals surface area contributed by atoms with E-state index in [2.05, 4.69) is 38.8 Å². The minimum absolute atomic E-state index is 0.0606. The summed E-state index contributed by atoms with van der Waals surface area (Å²) in [6, 6.07) is 10.1. The van der Waals surface area contributed by atoms with E-state index in [-0.39, 0.29) is 6.04 Å². The summed E-state index contributed by atoms with van der Waals surface area (Å²) in [7, 11) is 0. The zero-order valence-corrected chi connectivity index (χ0v) is 14.2. The van der Waals surface area contributed by atoms with Gasteiger partial charge in [-0.2, -0.15) is 5.10 Å². The molecule has 0 amide bonds. The highest BCUT2D eigenvalue weighted by Gasteiger charge is 2.14. The van der Waals surface area contributed by atoms with Crippen molar-refractivity contribution in [3.8, 4) is 16.9 Å². The van der Waals surface area contributed by atoms with Crippen LogP contribution < -0.4 is 0 Å². The lowest BCUT2D eigenvalue weighted by Gasteiger charge is -2.07. The number of benzene rings is 1. The van der Waals surface area contributed by atoms with E-state index in [0.717, 1.165) is 27.6 Å². The minimum atomic E-state index is 0.0606. The summed E-state index contributed by atoms with van der Waals surface area (Å²) in [5.41, 5.74) is 3.85. The maximum absolute atomic E-state index is 4.54. The van der Waals surface area contributed by atoms with Crippen LogP contribution in [0.2, 0.25) is 0 Å². The molecule has 3 aromatic heterocycles. The molecule has 3 heterocycles. The summed E-state index contributed by atoms with van der Waals surface area (Å²) in [4.78, 5) is 4.54. The average molecular weight is 336 g/mol. The highest BCUT2D eigenvalue weighted by atomic mass is 32.1. The van der Waals surface area contributed by atoms with Crippen molar-refractivity contribution in [2.45, 2.75) is 19.9 Å². The zero-order chi connectivity index (χ0) is 16.5. The van der Waals surface area contributed by atoms with Crippen molar-refractivity contribution >= 4 is 11.3 Å². The summed E-state index contributed by atoms with van der Waals surface area (Å²) >= 11 is 1.65. The Balaban J connectivity index is 1.64. The second-order valence-electron chi connectivity index (χ2n) is 5.55. The fourth-order valence-corrected chi connectivity index (χ4v) is 3.23. The quantitative estimate of drug-likeness (QED) is 0.572.